The Bertz CT molecular complexity index is 1590. The third kappa shape index (κ3) is 4.62. The van der Waals surface area contributed by atoms with Gasteiger partial charge in [-0.3, -0.25) is 0 Å². The van der Waals surface area contributed by atoms with Crippen molar-refractivity contribution in [3.8, 4) is 55.6 Å². The van der Waals surface area contributed by atoms with Crippen molar-refractivity contribution in [1.82, 2.24) is 0 Å². The van der Waals surface area contributed by atoms with Crippen molar-refractivity contribution in [2.24, 2.45) is 0 Å². The van der Waals surface area contributed by atoms with Crippen LogP contribution < -0.4 is 0 Å². The summed E-state index contributed by atoms with van der Waals surface area (Å²) in [6.45, 7) is 0. The number of hydrogen-bond acceptors (Lipinski definition) is 0. The predicted molar refractivity (Wildman–Crippen MR) is 154 cm³/mol. The summed E-state index contributed by atoms with van der Waals surface area (Å²) in [4.78, 5) is 0. The standard InChI is InChI=1S/C36H26/c1-3-10-27(11-4-1)31-14-7-16-33(24-31)29-20-22-30(23-21-29)34-17-9-19-36(26-34)35-18-8-15-32(25-35)28-12-5-2-6-13-28/h1-26H. The fraction of sp³-hybridized carbons (Fsp3) is 0. The summed E-state index contributed by atoms with van der Waals surface area (Å²) in [7, 11) is 0. The Morgan fingerprint density at radius 3 is 0.694 bits per heavy atom. The Labute approximate surface area is 213 Å². The van der Waals surface area contributed by atoms with Gasteiger partial charge in [0, 0.05) is 0 Å². The van der Waals surface area contributed by atoms with Gasteiger partial charge in [-0.2, -0.15) is 0 Å². The van der Waals surface area contributed by atoms with Crippen molar-refractivity contribution in [3.05, 3.63) is 158 Å². The van der Waals surface area contributed by atoms with Crippen molar-refractivity contribution in [1.29, 1.82) is 0 Å². The molecule has 0 saturated carbocycles. The largest absolute Gasteiger partial charge is 0.0622 e. The van der Waals surface area contributed by atoms with Crippen molar-refractivity contribution in [3.63, 3.8) is 0 Å². The van der Waals surface area contributed by atoms with E-state index in [1.54, 1.807) is 0 Å². The first-order chi connectivity index (χ1) is 17.8. The zero-order chi connectivity index (χ0) is 24.2. The van der Waals surface area contributed by atoms with Gasteiger partial charge < -0.3 is 0 Å². The van der Waals surface area contributed by atoms with Gasteiger partial charge >= 0.3 is 0 Å². The molecule has 0 unspecified atom stereocenters. The quantitative estimate of drug-likeness (QED) is 0.241. The van der Waals surface area contributed by atoms with Gasteiger partial charge in [-0.05, 0) is 73.8 Å². The third-order valence-corrected chi connectivity index (χ3v) is 6.69. The minimum atomic E-state index is 1.22. The summed E-state index contributed by atoms with van der Waals surface area (Å²) in [6, 6.07) is 56.4. The Hall–Kier alpha value is -4.68. The van der Waals surface area contributed by atoms with Crippen LogP contribution in [0.1, 0.15) is 0 Å². The van der Waals surface area contributed by atoms with Crippen LogP contribution in [-0.2, 0) is 0 Å². The van der Waals surface area contributed by atoms with E-state index < -0.39 is 0 Å². The third-order valence-electron chi connectivity index (χ3n) is 6.69. The van der Waals surface area contributed by atoms with Crippen LogP contribution in [0.5, 0.6) is 0 Å². The molecule has 0 nitrogen and oxygen atoms in total. The molecule has 0 spiro atoms. The van der Waals surface area contributed by atoms with Crippen LogP contribution in [-0.4, -0.2) is 0 Å². The van der Waals surface area contributed by atoms with Gasteiger partial charge in [0.05, 0.1) is 0 Å². The number of benzene rings is 6. The first-order valence-electron chi connectivity index (χ1n) is 12.4. The number of hydrogen-bond donors (Lipinski definition) is 0. The van der Waals surface area contributed by atoms with Crippen LogP contribution in [0.3, 0.4) is 0 Å². The van der Waals surface area contributed by atoms with Gasteiger partial charge in [0.15, 0.2) is 0 Å². The molecule has 0 heterocycles. The molecule has 6 aromatic carbocycles. The summed E-state index contributed by atoms with van der Waals surface area (Å²) in [5.41, 5.74) is 12.3. The summed E-state index contributed by atoms with van der Waals surface area (Å²) in [5.74, 6) is 0. The van der Waals surface area contributed by atoms with Crippen LogP contribution in [0.2, 0.25) is 0 Å². The molecule has 0 N–H and O–H groups in total. The molecule has 0 amide bonds. The Morgan fingerprint density at radius 1 is 0.167 bits per heavy atom. The predicted octanol–water partition coefficient (Wildman–Crippen LogP) is 10.0. The van der Waals surface area contributed by atoms with E-state index in [2.05, 4.69) is 158 Å². The Kier molecular flexibility index (Phi) is 6.00. The monoisotopic (exact) mass is 458 g/mol. The molecule has 0 radical (unpaired) electrons. The van der Waals surface area contributed by atoms with Gasteiger partial charge in [0.2, 0.25) is 0 Å². The highest BCUT2D eigenvalue weighted by molar-refractivity contribution is 5.79. The van der Waals surface area contributed by atoms with E-state index in [1.807, 2.05) is 0 Å². The van der Waals surface area contributed by atoms with Gasteiger partial charge in [0.25, 0.3) is 0 Å². The highest BCUT2D eigenvalue weighted by atomic mass is 14.1. The van der Waals surface area contributed by atoms with E-state index in [0.717, 1.165) is 0 Å². The molecule has 0 bridgehead atoms. The molecule has 36 heavy (non-hydrogen) atoms. The van der Waals surface area contributed by atoms with Crippen LogP contribution in [0.15, 0.2) is 158 Å². The second-order valence-corrected chi connectivity index (χ2v) is 9.05. The average Bonchev–Trinajstić information content (AvgIpc) is 2.98. The first kappa shape index (κ1) is 21.8. The SMILES string of the molecule is c1ccc(-c2cccc(-c3ccc(-c4cccc(-c5cccc(-c6ccccc6)c5)c4)cc3)c2)cc1. The smallest absolute Gasteiger partial charge is 0.0178 e. The van der Waals surface area contributed by atoms with Crippen molar-refractivity contribution in [2.45, 2.75) is 0 Å². The summed E-state index contributed by atoms with van der Waals surface area (Å²) < 4.78 is 0. The minimum absolute atomic E-state index is 1.22. The lowest BCUT2D eigenvalue weighted by molar-refractivity contribution is 1.56. The number of rotatable bonds is 5. The summed E-state index contributed by atoms with van der Waals surface area (Å²) in [5, 5.41) is 0. The lowest BCUT2D eigenvalue weighted by Gasteiger charge is -2.10. The van der Waals surface area contributed by atoms with E-state index in [-0.39, 0.29) is 0 Å². The first-order valence-corrected chi connectivity index (χ1v) is 12.4. The molecule has 0 aliphatic heterocycles. The molecule has 6 aromatic rings. The van der Waals surface area contributed by atoms with Crippen LogP contribution in [0.25, 0.3) is 55.6 Å². The maximum atomic E-state index is 2.29. The normalized spacial score (nSPS) is 10.8. The fourth-order valence-corrected chi connectivity index (χ4v) is 4.75. The Balaban J connectivity index is 1.28. The molecular weight excluding hydrogens is 432 g/mol. The maximum Gasteiger partial charge on any atom is -0.0178 e. The molecule has 0 heteroatoms. The van der Waals surface area contributed by atoms with Gasteiger partial charge in [-0.1, -0.05) is 140 Å². The highest BCUT2D eigenvalue weighted by Gasteiger charge is 2.06. The van der Waals surface area contributed by atoms with Gasteiger partial charge in [-0.15, -0.1) is 0 Å². The molecule has 0 atom stereocenters. The van der Waals surface area contributed by atoms with Gasteiger partial charge in [0.1, 0.15) is 0 Å². The average molecular weight is 459 g/mol. The molecule has 170 valence electrons. The molecule has 6 rings (SSSR count). The van der Waals surface area contributed by atoms with Gasteiger partial charge in [-0.25, -0.2) is 0 Å². The highest BCUT2D eigenvalue weighted by Crippen LogP contribution is 2.32. The summed E-state index contributed by atoms with van der Waals surface area (Å²) >= 11 is 0. The molecular formula is C36H26. The van der Waals surface area contributed by atoms with Crippen LogP contribution in [0.4, 0.5) is 0 Å². The van der Waals surface area contributed by atoms with Crippen molar-refractivity contribution < 1.29 is 0 Å². The van der Waals surface area contributed by atoms with Crippen LogP contribution in [0, 0.1) is 0 Å². The van der Waals surface area contributed by atoms with Crippen molar-refractivity contribution in [2.75, 3.05) is 0 Å². The lowest BCUT2D eigenvalue weighted by atomic mass is 9.95. The minimum Gasteiger partial charge on any atom is -0.0622 e. The van der Waals surface area contributed by atoms with Crippen LogP contribution >= 0.6 is 0 Å². The molecule has 0 aliphatic rings. The summed E-state index contributed by atoms with van der Waals surface area (Å²) in [6.07, 6.45) is 0. The zero-order valence-electron chi connectivity index (χ0n) is 20.0. The Morgan fingerprint density at radius 2 is 0.389 bits per heavy atom. The van der Waals surface area contributed by atoms with E-state index in [4.69, 9.17) is 0 Å². The van der Waals surface area contributed by atoms with E-state index >= 15 is 0 Å². The second-order valence-electron chi connectivity index (χ2n) is 9.05. The van der Waals surface area contributed by atoms with E-state index in [1.165, 1.54) is 55.6 Å². The molecule has 0 aliphatic carbocycles. The fourth-order valence-electron chi connectivity index (χ4n) is 4.75. The maximum absolute atomic E-state index is 2.29. The molecule has 0 fully saturated rings. The second kappa shape index (κ2) is 9.90. The molecule has 0 aromatic heterocycles. The zero-order valence-corrected chi connectivity index (χ0v) is 20.0. The topological polar surface area (TPSA) is 0 Å². The van der Waals surface area contributed by atoms with Crippen molar-refractivity contribution >= 4 is 0 Å². The van der Waals surface area contributed by atoms with E-state index in [0.29, 0.717) is 0 Å². The molecule has 0 saturated heterocycles. The lowest BCUT2D eigenvalue weighted by Crippen LogP contribution is -1.84. The van der Waals surface area contributed by atoms with E-state index in [9.17, 15) is 0 Å².